The van der Waals surface area contributed by atoms with E-state index in [-0.39, 0.29) is 4.90 Å². The molecule has 0 atom stereocenters. The molecule has 1 rings (SSSR count). The lowest BCUT2D eigenvalue weighted by molar-refractivity contribution is -0.387. The SMILES string of the molecule is CNc1ccc([N+](=O)[O-])c(S(=O)(=O)NC(C)(C)C)c1. The molecule has 2 N–H and O–H groups in total. The van der Waals surface area contributed by atoms with Gasteiger partial charge < -0.3 is 5.32 Å². The van der Waals surface area contributed by atoms with Gasteiger partial charge in [-0.1, -0.05) is 0 Å². The minimum absolute atomic E-state index is 0.348. The smallest absolute Gasteiger partial charge is 0.289 e. The number of nitro groups is 1. The van der Waals surface area contributed by atoms with Crippen LogP contribution in [0.1, 0.15) is 20.8 Å². The van der Waals surface area contributed by atoms with Gasteiger partial charge in [0.15, 0.2) is 4.90 Å². The molecule has 0 aliphatic rings. The zero-order chi connectivity index (χ0) is 14.8. The van der Waals surface area contributed by atoms with Gasteiger partial charge in [-0.3, -0.25) is 10.1 Å². The van der Waals surface area contributed by atoms with Gasteiger partial charge in [0.05, 0.1) is 4.92 Å². The highest BCUT2D eigenvalue weighted by Gasteiger charge is 2.29. The quantitative estimate of drug-likeness (QED) is 0.648. The third-order valence-corrected chi connectivity index (χ3v) is 3.96. The minimum atomic E-state index is -3.96. The molecule has 0 spiro atoms. The highest BCUT2D eigenvalue weighted by Crippen LogP contribution is 2.27. The first-order valence-corrected chi connectivity index (χ1v) is 7.05. The summed E-state index contributed by atoms with van der Waals surface area (Å²) < 4.78 is 26.8. The van der Waals surface area contributed by atoms with Gasteiger partial charge in [-0.05, 0) is 32.9 Å². The molecular formula is C11H17N3O4S. The lowest BCUT2D eigenvalue weighted by Gasteiger charge is -2.20. The highest BCUT2D eigenvalue weighted by molar-refractivity contribution is 7.89. The van der Waals surface area contributed by atoms with Crippen LogP contribution < -0.4 is 10.0 Å². The number of sulfonamides is 1. The molecule has 0 fully saturated rings. The lowest BCUT2D eigenvalue weighted by atomic mass is 10.1. The Morgan fingerprint density at radius 3 is 2.26 bits per heavy atom. The Balaban J connectivity index is 3.42. The molecule has 1 aromatic carbocycles. The number of nitrogens with zero attached hydrogens (tertiary/aromatic N) is 1. The van der Waals surface area contributed by atoms with Gasteiger partial charge in [0.25, 0.3) is 5.69 Å². The Labute approximate surface area is 112 Å². The minimum Gasteiger partial charge on any atom is -0.388 e. The van der Waals surface area contributed by atoms with Crippen molar-refractivity contribution < 1.29 is 13.3 Å². The summed E-state index contributed by atoms with van der Waals surface area (Å²) >= 11 is 0. The van der Waals surface area contributed by atoms with Crippen molar-refractivity contribution in [1.82, 2.24) is 4.72 Å². The van der Waals surface area contributed by atoms with Gasteiger partial charge in [-0.15, -0.1) is 0 Å². The number of hydrogen-bond donors (Lipinski definition) is 2. The first-order chi connectivity index (χ1) is 8.57. The van der Waals surface area contributed by atoms with Gasteiger partial charge in [0.2, 0.25) is 10.0 Å². The van der Waals surface area contributed by atoms with E-state index >= 15 is 0 Å². The molecule has 0 bridgehead atoms. The van der Waals surface area contributed by atoms with Crippen LogP contribution in [0.2, 0.25) is 0 Å². The number of nitrogens with one attached hydrogen (secondary N) is 2. The summed E-state index contributed by atoms with van der Waals surface area (Å²) in [6, 6.07) is 3.86. The summed E-state index contributed by atoms with van der Waals surface area (Å²) in [5.41, 5.74) is -0.682. The van der Waals surface area contributed by atoms with Crippen LogP contribution in [0.4, 0.5) is 11.4 Å². The van der Waals surface area contributed by atoms with Gasteiger partial charge in [-0.2, -0.15) is 0 Å². The second-order valence-corrected chi connectivity index (χ2v) is 6.70. The summed E-state index contributed by atoms with van der Waals surface area (Å²) in [7, 11) is -2.35. The van der Waals surface area contributed by atoms with Gasteiger partial charge >= 0.3 is 0 Å². The van der Waals surface area contributed by atoms with Crippen LogP contribution in [0.3, 0.4) is 0 Å². The number of nitro benzene ring substituents is 1. The van der Waals surface area contributed by atoms with Gasteiger partial charge in [0, 0.05) is 24.3 Å². The summed E-state index contributed by atoms with van der Waals surface area (Å²) in [6.07, 6.45) is 0. The van der Waals surface area contributed by atoms with Crippen molar-refractivity contribution in [3.8, 4) is 0 Å². The van der Waals surface area contributed by atoms with E-state index < -0.39 is 26.2 Å². The average Bonchev–Trinajstić information content (AvgIpc) is 2.24. The maximum Gasteiger partial charge on any atom is 0.289 e. The third kappa shape index (κ3) is 3.90. The number of rotatable bonds is 4. The van der Waals surface area contributed by atoms with E-state index in [1.807, 2.05) is 0 Å². The number of benzene rings is 1. The van der Waals surface area contributed by atoms with Crippen LogP contribution in [0.5, 0.6) is 0 Å². The van der Waals surface area contributed by atoms with E-state index in [0.29, 0.717) is 5.69 Å². The van der Waals surface area contributed by atoms with Crippen molar-refractivity contribution in [2.24, 2.45) is 0 Å². The summed E-state index contributed by atoms with van der Waals surface area (Å²) in [6.45, 7) is 4.99. The Morgan fingerprint density at radius 2 is 1.84 bits per heavy atom. The van der Waals surface area contributed by atoms with Crippen LogP contribution in [0, 0.1) is 10.1 Å². The molecule has 0 saturated carbocycles. The monoisotopic (exact) mass is 287 g/mol. The van der Waals surface area contributed by atoms with E-state index in [9.17, 15) is 18.5 Å². The molecule has 0 radical (unpaired) electrons. The molecule has 7 nitrogen and oxygen atoms in total. The fraction of sp³-hybridized carbons (Fsp3) is 0.455. The molecule has 0 aliphatic carbocycles. The number of anilines is 1. The fourth-order valence-electron chi connectivity index (χ4n) is 1.49. The Morgan fingerprint density at radius 1 is 1.26 bits per heavy atom. The Bertz CT molecular complexity index is 590. The van der Waals surface area contributed by atoms with Crippen LogP contribution in [0.25, 0.3) is 0 Å². The van der Waals surface area contributed by atoms with Crippen LogP contribution >= 0.6 is 0 Å². The summed E-state index contributed by atoms with van der Waals surface area (Å²) in [5, 5.41) is 13.7. The van der Waals surface area contributed by atoms with Crippen molar-refractivity contribution in [2.45, 2.75) is 31.2 Å². The second-order valence-electron chi connectivity index (χ2n) is 5.05. The average molecular weight is 287 g/mol. The molecular weight excluding hydrogens is 270 g/mol. The highest BCUT2D eigenvalue weighted by atomic mass is 32.2. The number of hydrogen-bond acceptors (Lipinski definition) is 5. The normalized spacial score (nSPS) is 12.2. The topological polar surface area (TPSA) is 101 Å². The zero-order valence-corrected chi connectivity index (χ0v) is 12.0. The fourth-order valence-corrected chi connectivity index (χ4v) is 3.11. The van der Waals surface area contributed by atoms with E-state index in [2.05, 4.69) is 10.0 Å². The zero-order valence-electron chi connectivity index (χ0n) is 11.2. The van der Waals surface area contributed by atoms with E-state index in [0.717, 1.165) is 0 Å². The van der Waals surface area contributed by atoms with E-state index in [4.69, 9.17) is 0 Å². The summed E-state index contributed by atoms with van der Waals surface area (Å²) in [4.78, 5) is 9.87. The van der Waals surface area contributed by atoms with Gasteiger partial charge in [0.1, 0.15) is 0 Å². The predicted octanol–water partition coefficient (Wildman–Crippen LogP) is 1.71. The van der Waals surface area contributed by atoms with Crippen molar-refractivity contribution in [2.75, 3.05) is 12.4 Å². The largest absolute Gasteiger partial charge is 0.388 e. The first-order valence-electron chi connectivity index (χ1n) is 5.57. The third-order valence-electron chi connectivity index (χ3n) is 2.18. The molecule has 8 heteroatoms. The van der Waals surface area contributed by atoms with Crippen LogP contribution in [0.15, 0.2) is 23.1 Å². The molecule has 0 amide bonds. The molecule has 1 aromatic rings. The lowest BCUT2D eigenvalue weighted by Crippen LogP contribution is -2.40. The van der Waals surface area contributed by atoms with E-state index in [1.54, 1.807) is 27.8 Å². The molecule has 0 unspecified atom stereocenters. The standard InChI is InChI=1S/C11H17N3O4S/c1-11(2,3)13-19(17,18)10-7-8(12-4)5-6-9(10)14(15)16/h5-7,12-13H,1-4H3. The van der Waals surface area contributed by atoms with Crippen molar-refractivity contribution in [3.63, 3.8) is 0 Å². The maximum atomic E-state index is 12.2. The predicted molar refractivity (Wildman–Crippen MR) is 72.7 cm³/mol. The molecule has 19 heavy (non-hydrogen) atoms. The molecule has 0 heterocycles. The molecule has 0 saturated heterocycles. The van der Waals surface area contributed by atoms with Gasteiger partial charge in [-0.25, -0.2) is 13.1 Å². The Kier molecular flexibility index (Phi) is 4.16. The van der Waals surface area contributed by atoms with Crippen LogP contribution in [-0.4, -0.2) is 25.9 Å². The Hall–Kier alpha value is -1.67. The molecule has 106 valence electrons. The van der Waals surface area contributed by atoms with Crippen LogP contribution in [-0.2, 0) is 10.0 Å². The van der Waals surface area contributed by atoms with Crippen molar-refractivity contribution >= 4 is 21.4 Å². The van der Waals surface area contributed by atoms with E-state index in [1.165, 1.54) is 18.2 Å². The van der Waals surface area contributed by atoms with Crippen molar-refractivity contribution in [3.05, 3.63) is 28.3 Å². The molecule has 0 aromatic heterocycles. The summed E-state index contributed by atoms with van der Waals surface area (Å²) in [5.74, 6) is 0. The molecule has 0 aliphatic heterocycles. The maximum absolute atomic E-state index is 12.2. The van der Waals surface area contributed by atoms with Crippen molar-refractivity contribution in [1.29, 1.82) is 0 Å². The second kappa shape index (κ2) is 5.14. The first kappa shape index (κ1) is 15.4.